The van der Waals surface area contributed by atoms with E-state index >= 15 is 0 Å². The zero-order valence-corrected chi connectivity index (χ0v) is 27.3. The van der Waals surface area contributed by atoms with Gasteiger partial charge in [0.25, 0.3) is 0 Å². The molecule has 3 N–H and O–H groups in total. The SMILES string of the molecule is CC[C@H]1[C@@H](O)[C@@H]2[C@H](CC[C@]3(C)C(CCCCNS(=O)(=O)c4ccc(C(C)(C)C)cc4)CC[C@@H]23)[C@@]2(C)CC[C@@H](O)C[C@@H]12. The van der Waals surface area contributed by atoms with Crippen LogP contribution in [0.1, 0.15) is 118 Å². The molecular weight excluding hydrogens is 530 g/mol. The van der Waals surface area contributed by atoms with Crippen molar-refractivity contribution < 1.29 is 18.6 Å². The van der Waals surface area contributed by atoms with Gasteiger partial charge in [0.15, 0.2) is 0 Å². The fourth-order valence-corrected chi connectivity index (χ4v) is 11.6. The van der Waals surface area contributed by atoms with Gasteiger partial charge in [-0.15, -0.1) is 0 Å². The summed E-state index contributed by atoms with van der Waals surface area (Å²) in [6, 6.07) is 7.29. The zero-order chi connectivity index (χ0) is 29.8. The van der Waals surface area contributed by atoms with Crippen LogP contribution in [0.15, 0.2) is 29.2 Å². The fourth-order valence-electron chi connectivity index (χ4n) is 10.5. The minimum Gasteiger partial charge on any atom is -0.393 e. The van der Waals surface area contributed by atoms with Gasteiger partial charge >= 0.3 is 0 Å². The third-order valence-electron chi connectivity index (χ3n) is 12.9. The zero-order valence-electron chi connectivity index (χ0n) is 26.5. The lowest BCUT2D eigenvalue weighted by Gasteiger charge is -2.64. The lowest BCUT2D eigenvalue weighted by Crippen LogP contribution is -2.62. The Morgan fingerprint density at radius 3 is 2.22 bits per heavy atom. The highest BCUT2D eigenvalue weighted by molar-refractivity contribution is 7.89. The van der Waals surface area contributed by atoms with E-state index in [9.17, 15) is 18.6 Å². The number of hydrogen-bond donors (Lipinski definition) is 3. The average Bonchev–Trinajstić information content (AvgIpc) is 3.25. The molecule has 0 radical (unpaired) electrons. The Balaban J connectivity index is 1.18. The van der Waals surface area contributed by atoms with Crippen LogP contribution in [-0.2, 0) is 15.4 Å². The molecule has 4 saturated carbocycles. The molecule has 1 unspecified atom stereocenters. The second-order valence-corrected chi connectivity index (χ2v) is 17.6. The van der Waals surface area contributed by atoms with Crippen molar-refractivity contribution in [2.75, 3.05) is 6.54 Å². The van der Waals surface area contributed by atoms with E-state index in [1.54, 1.807) is 12.1 Å². The van der Waals surface area contributed by atoms with Crippen molar-refractivity contribution in [3.05, 3.63) is 29.8 Å². The minimum atomic E-state index is -3.49. The van der Waals surface area contributed by atoms with Crippen LogP contribution in [0.5, 0.6) is 0 Å². The van der Waals surface area contributed by atoms with Crippen LogP contribution >= 0.6 is 0 Å². The monoisotopic (exact) mass is 587 g/mol. The van der Waals surface area contributed by atoms with Gasteiger partial charge in [0.1, 0.15) is 0 Å². The molecule has 4 aliphatic carbocycles. The van der Waals surface area contributed by atoms with Gasteiger partial charge in [-0.25, -0.2) is 13.1 Å². The quantitative estimate of drug-likeness (QED) is 0.284. The van der Waals surface area contributed by atoms with Gasteiger partial charge in [-0.3, -0.25) is 0 Å². The molecule has 1 aromatic carbocycles. The highest BCUT2D eigenvalue weighted by atomic mass is 32.2. The summed E-state index contributed by atoms with van der Waals surface area (Å²) in [7, 11) is -3.49. The molecule has 4 fully saturated rings. The van der Waals surface area contributed by atoms with Gasteiger partial charge in [0.05, 0.1) is 17.1 Å². The third-order valence-corrected chi connectivity index (χ3v) is 14.4. The summed E-state index contributed by atoms with van der Waals surface area (Å²) in [5, 5.41) is 22.4. The Kier molecular flexibility index (Phi) is 8.84. The maximum Gasteiger partial charge on any atom is 0.240 e. The summed E-state index contributed by atoms with van der Waals surface area (Å²) in [6.45, 7) is 14.1. The van der Waals surface area contributed by atoms with Gasteiger partial charge in [0, 0.05) is 6.54 Å². The van der Waals surface area contributed by atoms with E-state index in [1.165, 1.54) is 25.7 Å². The van der Waals surface area contributed by atoms with Gasteiger partial charge in [-0.1, -0.05) is 66.5 Å². The molecule has 1 aromatic rings. The minimum absolute atomic E-state index is 0.00253. The first-order valence-electron chi connectivity index (χ1n) is 16.7. The fraction of sp³-hybridized carbons (Fsp3) is 0.829. The number of fused-ring (bicyclic) bond motifs is 5. The Labute approximate surface area is 250 Å². The van der Waals surface area contributed by atoms with Gasteiger partial charge in [-0.05, 0) is 127 Å². The smallest absolute Gasteiger partial charge is 0.240 e. The van der Waals surface area contributed by atoms with Gasteiger partial charge < -0.3 is 10.2 Å². The number of nitrogens with one attached hydrogen (secondary N) is 1. The molecule has 0 saturated heterocycles. The van der Waals surface area contributed by atoms with E-state index < -0.39 is 10.0 Å². The molecule has 41 heavy (non-hydrogen) atoms. The number of unbranched alkanes of at least 4 members (excludes halogenated alkanes) is 1. The van der Waals surface area contributed by atoms with Crippen molar-refractivity contribution in [1.82, 2.24) is 4.72 Å². The largest absolute Gasteiger partial charge is 0.393 e. The van der Waals surface area contributed by atoms with E-state index in [0.717, 1.165) is 50.5 Å². The van der Waals surface area contributed by atoms with Crippen LogP contribution in [0.4, 0.5) is 0 Å². The molecule has 0 aliphatic heterocycles. The number of aliphatic hydroxyl groups excluding tert-OH is 2. The highest BCUT2D eigenvalue weighted by Gasteiger charge is 2.64. The van der Waals surface area contributed by atoms with Crippen molar-refractivity contribution in [2.24, 2.45) is 46.3 Å². The molecule has 0 spiro atoms. The Morgan fingerprint density at radius 2 is 1.56 bits per heavy atom. The molecule has 6 heteroatoms. The van der Waals surface area contributed by atoms with Crippen LogP contribution in [-0.4, -0.2) is 37.4 Å². The van der Waals surface area contributed by atoms with Crippen molar-refractivity contribution in [1.29, 1.82) is 0 Å². The summed E-state index contributed by atoms with van der Waals surface area (Å²) >= 11 is 0. The van der Waals surface area contributed by atoms with E-state index in [2.05, 4.69) is 46.3 Å². The second-order valence-electron chi connectivity index (χ2n) is 15.9. The van der Waals surface area contributed by atoms with Crippen LogP contribution < -0.4 is 4.72 Å². The van der Waals surface area contributed by atoms with Crippen molar-refractivity contribution in [3.8, 4) is 0 Å². The van der Waals surface area contributed by atoms with Crippen LogP contribution in [0.3, 0.4) is 0 Å². The third kappa shape index (κ3) is 5.69. The molecule has 5 rings (SSSR count). The molecular formula is C35H57NO4S. The molecule has 0 heterocycles. The predicted molar refractivity (Wildman–Crippen MR) is 166 cm³/mol. The van der Waals surface area contributed by atoms with Crippen molar-refractivity contribution in [2.45, 2.75) is 135 Å². The van der Waals surface area contributed by atoms with E-state index in [-0.39, 0.29) is 28.5 Å². The molecule has 10 atom stereocenters. The summed E-state index contributed by atoms with van der Waals surface area (Å²) in [5.74, 6) is 2.93. The summed E-state index contributed by atoms with van der Waals surface area (Å²) in [4.78, 5) is 0.341. The van der Waals surface area contributed by atoms with Crippen LogP contribution in [0.2, 0.25) is 0 Å². The Morgan fingerprint density at radius 1 is 0.902 bits per heavy atom. The average molecular weight is 588 g/mol. The number of hydrogen-bond acceptors (Lipinski definition) is 4. The van der Waals surface area contributed by atoms with Gasteiger partial charge in [0.2, 0.25) is 10.0 Å². The summed E-state index contributed by atoms with van der Waals surface area (Å²) in [5.41, 5.74) is 1.64. The summed E-state index contributed by atoms with van der Waals surface area (Å²) in [6.07, 6.45) is 11.4. The second kappa shape index (κ2) is 11.5. The number of benzene rings is 1. The molecule has 0 aromatic heterocycles. The lowest BCUT2D eigenvalue weighted by molar-refractivity contribution is -0.202. The number of sulfonamides is 1. The van der Waals surface area contributed by atoms with E-state index in [1.807, 2.05) is 12.1 Å². The van der Waals surface area contributed by atoms with Crippen molar-refractivity contribution in [3.63, 3.8) is 0 Å². The van der Waals surface area contributed by atoms with Crippen LogP contribution in [0.25, 0.3) is 0 Å². The van der Waals surface area contributed by atoms with E-state index in [0.29, 0.717) is 46.9 Å². The first-order valence-corrected chi connectivity index (χ1v) is 18.2. The predicted octanol–water partition coefficient (Wildman–Crippen LogP) is 7.06. The number of aliphatic hydroxyl groups is 2. The highest BCUT2D eigenvalue weighted by Crippen LogP contribution is 2.69. The molecule has 5 nitrogen and oxygen atoms in total. The first kappa shape index (κ1) is 31.5. The molecule has 4 aliphatic rings. The molecule has 0 bridgehead atoms. The maximum absolute atomic E-state index is 12.9. The molecule has 232 valence electrons. The molecule has 0 amide bonds. The van der Waals surface area contributed by atoms with E-state index in [4.69, 9.17) is 0 Å². The normalized spacial score (nSPS) is 41.0. The van der Waals surface area contributed by atoms with Gasteiger partial charge in [-0.2, -0.15) is 0 Å². The van der Waals surface area contributed by atoms with Crippen molar-refractivity contribution >= 4 is 10.0 Å². The standard InChI is InChI=1S/C35H57NO4S/c1-7-27-30-22-25(37)17-19-35(30,6)29-18-20-34(5)24(13-16-28(34)31(29)32(27)38)10-8-9-21-36-41(39,40)26-14-11-23(12-15-26)33(2,3)4/h11-12,14-15,24-25,27-32,36-38H,7-10,13,16-22H2,1-6H3/t24?,25-,27-,28+,29+,30+,31+,32-,34-,35-/m1/s1. The Hall–Kier alpha value is -0.950. The maximum atomic E-state index is 12.9. The van der Waals surface area contributed by atoms with Crippen LogP contribution in [0, 0.1) is 46.3 Å². The Bertz CT molecular complexity index is 1160. The number of rotatable bonds is 8. The summed E-state index contributed by atoms with van der Waals surface area (Å²) < 4.78 is 28.6. The lowest BCUT2D eigenvalue weighted by atomic mass is 9.41. The first-order chi connectivity index (χ1) is 19.2. The topological polar surface area (TPSA) is 86.6 Å².